The van der Waals surface area contributed by atoms with Crippen molar-refractivity contribution in [2.45, 2.75) is 11.3 Å². The fourth-order valence-corrected chi connectivity index (χ4v) is 2.58. The summed E-state index contributed by atoms with van der Waals surface area (Å²) >= 11 is 7.00. The Balaban J connectivity index is 3.15. The van der Waals surface area contributed by atoms with Crippen LogP contribution in [0.2, 0.25) is 5.02 Å². The molecule has 0 aliphatic heterocycles. The molecule has 1 aromatic carbocycles. The molecular weight excluding hydrogens is 282 g/mol. The molecule has 0 fully saturated rings. The van der Waals surface area contributed by atoms with Gasteiger partial charge in [0.25, 0.3) is 5.69 Å². The highest BCUT2D eigenvalue weighted by atomic mass is 35.5. The number of nitro benzene ring substituents is 1. The third kappa shape index (κ3) is 3.59. The minimum absolute atomic E-state index is 0.0139. The molecule has 1 aromatic rings. The maximum atomic E-state index is 11.0. The van der Waals surface area contributed by atoms with Gasteiger partial charge in [0.2, 0.25) is 0 Å². The van der Waals surface area contributed by atoms with Gasteiger partial charge in [0, 0.05) is 29.4 Å². The number of halogens is 1. The van der Waals surface area contributed by atoms with Crippen LogP contribution in [0.15, 0.2) is 17.0 Å². The van der Waals surface area contributed by atoms with Crippen molar-refractivity contribution in [2.24, 2.45) is 0 Å². The van der Waals surface area contributed by atoms with Crippen molar-refractivity contribution in [3.05, 3.63) is 32.8 Å². The number of nitro groups is 1. The SMILES string of the molecule is O=C(O)c1cc([N+](=O)[O-])cc(Cl)c1SCCCO. The van der Waals surface area contributed by atoms with Gasteiger partial charge in [-0.2, -0.15) is 0 Å². The van der Waals surface area contributed by atoms with Crippen LogP contribution in [0.1, 0.15) is 16.8 Å². The Labute approximate surface area is 112 Å². The number of carboxylic acids is 1. The second kappa shape index (κ2) is 6.58. The molecule has 0 bridgehead atoms. The molecule has 2 N–H and O–H groups in total. The van der Waals surface area contributed by atoms with E-state index in [-0.39, 0.29) is 27.8 Å². The molecule has 0 unspecified atom stereocenters. The summed E-state index contributed by atoms with van der Waals surface area (Å²) in [5.41, 5.74) is -0.555. The summed E-state index contributed by atoms with van der Waals surface area (Å²) in [5.74, 6) is -0.791. The predicted octanol–water partition coefficient (Wildman–Crippen LogP) is 2.42. The third-order valence-electron chi connectivity index (χ3n) is 2.02. The van der Waals surface area contributed by atoms with Crippen LogP contribution in [-0.4, -0.2) is 33.5 Å². The number of aliphatic hydroxyl groups excluding tert-OH is 1. The highest BCUT2D eigenvalue weighted by molar-refractivity contribution is 7.99. The molecule has 0 saturated carbocycles. The number of aromatic carboxylic acids is 1. The smallest absolute Gasteiger partial charge is 0.337 e. The number of carboxylic acid groups (broad SMARTS) is 1. The Hall–Kier alpha value is -1.31. The molecule has 18 heavy (non-hydrogen) atoms. The first-order valence-electron chi connectivity index (χ1n) is 4.92. The highest BCUT2D eigenvalue weighted by Gasteiger charge is 2.20. The van der Waals surface area contributed by atoms with Crippen LogP contribution in [0, 0.1) is 10.1 Å². The van der Waals surface area contributed by atoms with E-state index in [1.807, 2.05) is 0 Å². The summed E-state index contributed by atoms with van der Waals surface area (Å²) in [6.45, 7) is -0.0139. The Morgan fingerprint density at radius 1 is 1.50 bits per heavy atom. The van der Waals surface area contributed by atoms with Gasteiger partial charge in [-0.05, 0) is 6.42 Å². The number of nitrogens with zero attached hydrogens (tertiary/aromatic N) is 1. The molecular formula is C10H10ClNO5S. The molecule has 98 valence electrons. The van der Waals surface area contributed by atoms with Gasteiger partial charge >= 0.3 is 5.97 Å². The van der Waals surface area contributed by atoms with Gasteiger partial charge in [-0.3, -0.25) is 10.1 Å². The van der Waals surface area contributed by atoms with Gasteiger partial charge in [-0.15, -0.1) is 11.8 Å². The van der Waals surface area contributed by atoms with Gasteiger partial charge in [-0.25, -0.2) is 4.79 Å². The zero-order valence-electron chi connectivity index (χ0n) is 9.13. The first kappa shape index (κ1) is 14.7. The number of aliphatic hydroxyl groups is 1. The van der Waals surface area contributed by atoms with Crippen LogP contribution in [0.5, 0.6) is 0 Å². The van der Waals surface area contributed by atoms with Gasteiger partial charge in [0.15, 0.2) is 0 Å². The van der Waals surface area contributed by atoms with Crippen molar-refractivity contribution >= 4 is 35.0 Å². The van der Waals surface area contributed by atoms with Crippen molar-refractivity contribution in [1.82, 2.24) is 0 Å². The van der Waals surface area contributed by atoms with Crippen LogP contribution >= 0.6 is 23.4 Å². The minimum Gasteiger partial charge on any atom is -0.478 e. The van der Waals surface area contributed by atoms with E-state index in [9.17, 15) is 14.9 Å². The molecule has 0 aromatic heterocycles. The first-order valence-corrected chi connectivity index (χ1v) is 6.28. The predicted molar refractivity (Wildman–Crippen MR) is 67.5 cm³/mol. The maximum absolute atomic E-state index is 11.0. The summed E-state index contributed by atoms with van der Waals surface area (Å²) in [7, 11) is 0. The molecule has 0 aliphatic carbocycles. The summed E-state index contributed by atoms with van der Waals surface area (Å²) in [5, 5.41) is 28.3. The normalized spacial score (nSPS) is 10.3. The van der Waals surface area contributed by atoms with Crippen molar-refractivity contribution in [3.63, 3.8) is 0 Å². The second-order valence-corrected chi connectivity index (χ2v) is 4.80. The van der Waals surface area contributed by atoms with E-state index < -0.39 is 10.9 Å². The second-order valence-electron chi connectivity index (χ2n) is 3.29. The standard InChI is InChI=1S/C10H10ClNO5S/c11-8-5-6(12(16)17)4-7(10(14)15)9(8)18-3-1-2-13/h4-5,13H,1-3H2,(H,14,15). The lowest BCUT2D eigenvalue weighted by Crippen LogP contribution is -2.02. The van der Waals surface area contributed by atoms with Gasteiger partial charge < -0.3 is 10.2 Å². The van der Waals surface area contributed by atoms with Gasteiger partial charge in [0.1, 0.15) is 0 Å². The van der Waals surface area contributed by atoms with Crippen LogP contribution in [0.25, 0.3) is 0 Å². The summed E-state index contributed by atoms with van der Waals surface area (Å²) in [4.78, 5) is 21.2. The van der Waals surface area contributed by atoms with Crippen LogP contribution in [-0.2, 0) is 0 Å². The van der Waals surface area contributed by atoms with E-state index in [2.05, 4.69) is 0 Å². The topological polar surface area (TPSA) is 101 Å². The van der Waals surface area contributed by atoms with Crippen molar-refractivity contribution in [3.8, 4) is 0 Å². The Morgan fingerprint density at radius 3 is 2.67 bits per heavy atom. The Kier molecular flexibility index (Phi) is 5.39. The van der Waals surface area contributed by atoms with E-state index in [0.717, 1.165) is 23.9 Å². The fourth-order valence-electron chi connectivity index (χ4n) is 1.23. The summed E-state index contributed by atoms with van der Waals surface area (Å²) in [6, 6.07) is 2.10. The van der Waals surface area contributed by atoms with Gasteiger partial charge in [-0.1, -0.05) is 11.6 Å². The molecule has 6 nitrogen and oxygen atoms in total. The van der Waals surface area contributed by atoms with Gasteiger partial charge in [0.05, 0.1) is 15.5 Å². The van der Waals surface area contributed by atoms with Crippen molar-refractivity contribution < 1.29 is 19.9 Å². The van der Waals surface area contributed by atoms with Crippen LogP contribution < -0.4 is 0 Å². The quantitative estimate of drug-likeness (QED) is 0.361. The van der Waals surface area contributed by atoms with E-state index in [1.54, 1.807) is 0 Å². The first-order chi connectivity index (χ1) is 8.47. The molecule has 0 amide bonds. The molecule has 0 heterocycles. The molecule has 0 spiro atoms. The number of non-ortho nitro benzene ring substituents is 1. The molecule has 0 atom stereocenters. The number of thioether (sulfide) groups is 1. The average molecular weight is 292 g/mol. The molecule has 0 aliphatic rings. The van der Waals surface area contributed by atoms with E-state index in [4.69, 9.17) is 21.8 Å². The molecule has 1 rings (SSSR count). The largest absolute Gasteiger partial charge is 0.478 e. The molecule has 8 heteroatoms. The number of benzene rings is 1. The third-order valence-corrected chi connectivity index (χ3v) is 3.65. The molecule has 0 saturated heterocycles. The number of rotatable bonds is 6. The Bertz CT molecular complexity index is 480. The van der Waals surface area contributed by atoms with Crippen molar-refractivity contribution in [1.29, 1.82) is 0 Å². The van der Waals surface area contributed by atoms with E-state index in [1.165, 1.54) is 0 Å². The number of hydrogen-bond acceptors (Lipinski definition) is 5. The zero-order chi connectivity index (χ0) is 13.7. The fraction of sp³-hybridized carbons (Fsp3) is 0.300. The average Bonchev–Trinajstić information content (AvgIpc) is 2.30. The lowest BCUT2D eigenvalue weighted by Gasteiger charge is -2.07. The minimum atomic E-state index is -1.27. The number of carbonyl (C=O) groups is 1. The summed E-state index contributed by atoms with van der Waals surface area (Å²) in [6.07, 6.45) is 0.483. The Morgan fingerprint density at radius 2 is 2.17 bits per heavy atom. The lowest BCUT2D eigenvalue weighted by atomic mass is 10.2. The summed E-state index contributed by atoms with van der Waals surface area (Å²) < 4.78 is 0. The maximum Gasteiger partial charge on any atom is 0.337 e. The molecule has 0 radical (unpaired) electrons. The van der Waals surface area contributed by atoms with Crippen molar-refractivity contribution in [2.75, 3.05) is 12.4 Å². The van der Waals surface area contributed by atoms with E-state index >= 15 is 0 Å². The highest BCUT2D eigenvalue weighted by Crippen LogP contribution is 2.34. The number of hydrogen-bond donors (Lipinski definition) is 2. The van der Waals surface area contributed by atoms with Crippen LogP contribution in [0.3, 0.4) is 0 Å². The zero-order valence-corrected chi connectivity index (χ0v) is 10.7. The lowest BCUT2D eigenvalue weighted by molar-refractivity contribution is -0.384. The monoisotopic (exact) mass is 291 g/mol. The van der Waals surface area contributed by atoms with E-state index in [0.29, 0.717) is 12.2 Å². The van der Waals surface area contributed by atoms with Crippen LogP contribution in [0.4, 0.5) is 5.69 Å².